The van der Waals surface area contributed by atoms with Gasteiger partial charge in [0.15, 0.2) is 6.10 Å². The number of rotatable bonds is 63. The Balaban J connectivity index is 4.27. The zero-order valence-electron chi connectivity index (χ0n) is 54.4. The predicted molar refractivity (Wildman–Crippen MR) is 362 cm³/mol. The van der Waals surface area contributed by atoms with E-state index in [0.29, 0.717) is 19.3 Å². The Labute approximate surface area is 513 Å². The molecule has 0 N–H and O–H groups in total. The number of carbonyl (C=O) groups excluding carboxylic acids is 3. The van der Waals surface area contributed by atoms with Crippen LogP contribution in [0.4, 0.5) is 0 Å². The fraction of sp³-hybridized carbons (Fsp3) is 0.701. The molecular formula is C77H130O6. The van der Waals surface area contributed by atoms with Gasteiger partial charge in [-0.1, -0.05) is 316 Å². The topological polar surface area (TPSA) is 78.9 Å². The van der Waals surface area contributed by atoms with Gasteiger partial charge in [0.1, 0.15) is 13.2 Å². The molecule has 0 aliphatic rings. The fourth-order valence-corrected chi connectivity index (χ4v) is 9.77. The first kappa shape index (κ1) is 78.8. The molecule has 0 saturated heterocycles. The van der Waals surface area contributed by atoms with Crippen LogP contribution in [0.5, 0.6) is 0 Å². The Morgan fingerprint density at radius 1 is 0.253 bits per heavy atom. The van der Waals surface area contributed by atoms with Crippen LogP contribution in [0.15, 0.2) is 122 Å². The first-order chi connectivity index (χ1) is 41.0. The second kappa shape index (κ2) is 70.3. The molecule has 0 aromatic heterocycles. The summed E-state index contributed by atoms with van der Waals surface area (Å²) in [5.41, 5.74) is 0. The Kier molecular flexibility index (Phi) is 66.7. The van der Waals surface area contributed by atoms with Crippen molar-refractivity contribution in [3.05, 3.63) is 122 Å². The van der Waals surface area contributed by atoms with E-state index in [9.17, 15) is 14.4 Å². The zero-order valence-corrected chi connectivity index (χ0v) is 54.4. The van der Waals surface area contributed by atoms with Gasteiger partial charge in [0, 0.05) is 19.3 Å². The Bertz CT molecular complexity index is 1700. The summed E-state index contributed by atoms with van der Waals surface area (Å²) in [5.74, 6) is -0.977. The van der Waals surface area contributed by atoms with E-state index in [2.05, 4.69) is 136 Å². The molecule has 0 aromatic rings. The molecule has 83 heavy (non-hydrogen) atoms. The van der Waals surface area contributed by atoms with Crippen molar-refractivity contribution in [2.24, 2.45) is 0 Å². The minimum absolute atomic E-state index is 0.100. The molecule has 0 saturated carbocycles. The second-order valence-corrected chi connectivity index (χ2v) is 23.0. The molecule has 0 amide bonds. The van der Waals surface area contributed by atoms with Gasteiger partial charge in [0.05, 0.1) is 0 Å². The fourth-order valence-electron chi connectivity index (χ4n) is 9.77. The van der Waals surface area contributed by atoms with Crippen molar-refractivity contribution in [1.82, 2.24) is 0 Å². The Morgan fingerprint density at radius 3 is 0.819 bits per heavy atom. The van der Waals surface area contributed by atoms with Crippen LogP contribution in [0.25, 0.3) is 0 Å². The molecule has 1 atom stereocenters. The number of ether oxygens (including phenoxy) is 3. The molecule has 1 unspecified atom stereocenters. The van der Waals surface area contributed by atoms with E-state index in [0.717, 1.165) is 96.3 Å². The number of hydrogen-bond acceptors (Lipinski definition) is 6. The molecule has 0 aliphatic carbocycles. The van der Waals surface area contributed by atoms with Crippen molar-refractivity contribution in [2.75, 3.05) is 13.2 Å². The quantitative estimate of drug-likeness (QED) is 0.0261. The van der Waals surface area contributed by atoms with E-state index in [1.165, 1.54) is 186 Å². The minimum atomic E-state index is -0.811. The summed E-state index contributed by atoms with van der Waals surface area (Å²) < 4.78 is 16.9. The predicted octanol–water partition coefficient (Wildman–Crippen LogP) is 24.3. The van der Waals surface area contributed by atoms with Crippen LogP contribution < -0.4 is 0 Å². The molecule has 0 aliphatic heterocycles. The summed E-state index contributed by atoms with van der Waals surface area (Å²) in [7, 11) is 0. The third kappa shape index (κ3) is 68.5. The van der Waals surface area contributed by atoms with Crippen molar-refractivity contribution >= 4 is 17.9 Å². The highest BCUT2D eigenvalue weighted by Crippen LogP contribution is 2.17. The van der Waals surface area contributed by atoms with Crippen LogP contribution in [0, 0.1) is 0 Å². The van der Waals surface area contributed by atoms with Crippen molar-refractivity contribution < 1.29 is 28.6 Å². The van der Waals surface area contributed by atoms with Gasteiger partial charge in [0.25, 0.3) is 0 Å². The maximum Gasteiger partial charge on any atom is 0.306 e. The smallest absolute Gasteiger partial charge is 0.306 e. The number of carbonyl (C=O) groups is 3. The summed E-state index contributed by atoms with van der Waals surface area (Å²) in [6, 6.07) is 0. The third-order valence-corrected chi connectivity index (χ3v) is 14.9. The van der Waals surface area contributed by atoms with Crippen LogP contribution in [0.1, 0.15) is 329 Å². The lowest BCUT2D eigenvalue weighted by molar-refractivity contribution is -0.166. The maximum absolute atomic E-state index is 12.9. The van der Waals surface area contributed by atoms with Gasteiger partial charge >= 0.3 is 17.9 Å². The van der Waals surface area contributed by atoms with Crippen LogP contribution >= 0.6 is 0 Å². The van der Waals surface area contributed by atoms with Gasteiger partial charge in [0.2, 0.25) is 0 Å². The van der Waals surface area contributed by atoms with Crippen LogP contribution in [-0.2, 0) is 28.6 Å². The van der Waals surface area contributed by atoms with E-state index in [-0.39, 0.29) is 37.5 Å². The lowest BCUT2D eigenvalue weighted by Crippen LogP contribution is -2.30. The summed E-state index contributed by atoms with van der Waals surface area (Å²) in [6.45, 7) is 6.38. The van der Waals surface area contributed by atoms with E-state index in [1.807, 2.05) is 6.08 Å². The van der Waals surface area contributed by atoms with Crippen molar-refractivity contribution in [2.45, 2.75) is 335 Å². The molecule has 0 heterocycles. The summed E-state index contributed by atoms with van der Waals surface area (Å²) in [5, 5.41) is 0. The monoisotopic (exact) mass is 1150 g/mol. The number of unbranched alkanes of at least 4 members (excludes halogenated alkanes) is 32. The molecule has 0 bridgehead atoms. The van der Waals surface area contributed by atoms with Gasteiger partial charge in [-0.25, -0.2) is 0 Å². The molecule has 6 heteroatoms. The average molecular weight is 1150 g/mol. The van der Waals surface area contributed by atoms with E-state index >= 15 is 0 Å². The van der Waals surface area contributed by atoms with Crippen LogP contribution in [0.3, 0.4) is 0 Å². The molecule has 6 nitrogen and oxygen atoms in total. The molecule has 0 radical (unpaired) electrons. The van der Waals surface area contributed by atoms with Crippen molar-refractivity contribution in [3.63, 3.8) is 0 Å². The molecule has 0 spiro atoms. The summed E-state index contributed by atoms with van der Waals surface area (Å²) >= 11 is 0. The molecule has 0 rings (SSSR count). The highest BCUT2D eigenvalue weighted by Gasteiger charge is 2.19. The zero-order chi connectivity index (χ0) is 59.9. The van der Waals surface area contributed by atoms with Gasteiger partial charge in [-0.15, -0.1) is 0 Å². The largest absolute Gasteiger partial charge is 0.462 e. The van der Waals surface area contributed by atoms with Gasteiger partial charge in [-0.2, -0.15) is 0 Å². The van der Waals surface area contributed by atoms with Gasteiger partial charge in [-0.05, 0) is 116 Å². The molecule has 474 valence electrons. The van der Waals surface area contributed by atoms with Crippen LogP contribution in [-0.4, -0.2) is 37.2 Å². The Hall–Kier alpha value is -4.19. The van der Waals surface area contributed by atoms with Crippen LogP contribution in [0.2, 0.25) is 0 Å². The van der Waals surface area contributed by atoms with Crippen molar-refractivity contribution in [1.29, 1.82) is 0 Å². The highest BCUT2D eigenvalue weighted by atomic mass is 16.6. The first-order valence-corrected chi connectivity index (χ1v) is 35.0. The van der Waals surface area contributed by atoms with Gasteiger partial charge < -0.3 is 14.2 Å². The third-order valence-electron chi connectivity index (χ3n) is 14.9. The van der Waals surface area contributed by atoms with E-state index in [1.54, 1.807) is 0 Å². The van der Waals surface area contributed by atoms with Gasteiger partial charge in [-0.3, -0.25) is 14.4 Å². The molecule has 0 aromatic carbocycles. The second-order valence-electron chi connectivity index (χ2n) is 23.0. The lowest BCUT2D eigenvalue weighted by atomic mass is 10.0. The summed E-state index contributed by atoms with van der Waals surface area (Å²) in [4.78, 5) is 38.4. The average Bonchev–Trinajstić information content (AvgIpc) is 3.49. The van der Waals surface area contributed by atoms with E-state index in [4.69, 9.17) is 14.2 Å². The highest BCUT2D eigenvalue weighted by molar-refractivity contribution is 5.71. The standard InChI is InChI=1S/C77H130O6/c1-4-7-10-13-16-19-22-25-27-29-31-33-34-35-36-37-38-39-40-41-42-44-45-47-49-52-55-58-61-64-67-70-76(79)82-73-74(72-81-75(78)69-66-63-60-57-54-51-24-21-18-15-12-9-6-3)83-77(80)71-68-65-62-59-56-53-50-48-46-43-32-30-28-26-23-20-17-14-11-8-5-2/h7,9-10,12,16,18-19,21,25,27,30-33,35-36,51,54,60,63,74H,4-6,8,11,13-15,17,20,22-24,26,28-29,34,37-50,52-53,55-59,61-62,64-73H2,1-3H3/b10-7-,12-9-,19-16-,21-18-,27-25-,32-30-,33-31-,36-35-,54-51-,63-60-. The number of hydrogen-bond donors (Lipinski definition) is 0. The minimum Gasteiger partial charge on any atom is -0.462 e. The van der Waals surface area contributed by atoms with E-state index < -0.39 is 6.10 Å². The van der Waals surface area contributed by atoms with Crippen molar-refractivity contribution in [3.8, 4) is 0 Å². The Morgan fingerprint density at radius 2 is 0.494 bits per heavy atom. The summed E-state index contributed by atoms with van der Waals surface area (Å²) in [6.07, 6.45) is 98.2. The normalized spacial score (nSPS) is 12.9. The molecular weight excluding hydrogens is 1020 g/mol. The SMILES string of the molecule is CC/C=C\C/C=C\C/C=C\C/C=C\C/C=C\CCCCCCCCCCCCCCCCCC(=O)OCC(COC(=O)CC/C=C\C/C=C\C/C=C\C/C=C\CC)OC(=O)CCCCCCCCCCC/C=C\CCCCCCCCCC. The lowest BCUT2D eigenvalue weighted by Gasteiger charge is -2.18. The number of allylic oxidation sites excluding steroid dienone is 20. The maximum atomic E-state index is 12.9. The molecule has 0 fully saturated rings. The first-order valence-electron chi connectivity index (χ1n) is 35.0. The number of esters is 3.